The predicted molar refractivity (Wildman–Crippen MR) is 129 cm³/mol. The Morgan fingerprint density at radius 2 is 1.85 bits per heavy atom. The number of benzene rings is 2. The average Bonchev–Trinajstić information content (AvgIpc) is 3.16. The Bertz CT molecular complexity index is 1360. The normalized spacial score (nSPS) is 10.7. The Kier molecular flexibility index (Phi) is 6.22. The predicted octanol–water partition coefficient (Wildman–Crippen LogP) is 2.60. The van der Waals surface area contributed by atoms with E-state index in [-0.39, 0.29) is 11.7 Å². The molecule has 0 bridgehead atoms. The van der Waals surface area contributed by atoms with Crippen LogP contribution in [0.1, 0.15) is 21.7 Å². The second-order valence-corrected chi connectivity index (χ2v) is 7.61. The number of rotatable bonds is 8. The van der Waals surface area contributed by atoms with E-state index in [9.17, 15) is 14.7 Å². The van der Waals surface area contributed by atoms with Crippen LogP contribution in [0.2, 0.25) is 0 Å². The summed E-state index contributed by atoms with van der Waals surface area (Å²) in [5.41, 5.74) is 8.76. The van der Waals surface area contributed by atoms with E-state index in [1.54, 1.807) is 48.5 Å². The fourth-order valence-corrected chi connectivity index (χ4v) is 3.55. The number of anilines is 2. The first-order valence-corrected chi connectivity index (χ1v) is 10.4. The maximum absolute atomic E-state index is 13.2. The van der Waals surface area contributed by atoms with E-state index in [0.29, 0.717) is 23.2 Å². The number of nitrogens with one attached hydrogen (secondary N) is 2. The van der Waals surface area contributed by atoms with Gasteiger partial charge < -0.3 is 20.7 Å². The van der Waals surface area contributed by atoms with Crippen molar-refractivity contribution in [3.05, 3.63) is 83.8 Å². The van der Waals surface area contributed by atoms with Gasteiger partial charge in [0.25, 0.3) is 5.91 Å². The molecule has 0 aliphatic rings. The molecule has 0 radical (unpaired) electrons. The monoisotopic (exact) mass is 457 g/mol. The molecule has 0 fully saturated rings. The molecule has 2 heterocycles. The molecular formula is C24H23N7O3. The van der Waals surface area contributed by atoms with Crippen molar-refractivity contribution in [1.82, 2.24) is 14.5 Å². The highest BCUT2D eigenvalue weighted by Crippen LogP contribution is 2.21. The molecule has 4 rings (SSSR count). The molecule has 172 valence electrons. The Balaban J connectivity index is 1.57. The van der Waals surface area contributed by atoms with Crippen LogP contribution in [-0.4, -0.2) is 43.9 Å². The summed E-state index contributed by atoms with van der Waals surface area (Å²) < 4.78 is 1.92. The Morgan fingerprint density at radius 1 is 1.12 bits per heavy atom. The SMILES string of the molecule is Cn1c(CNc2ccc(C(=N)N)cc2)nc2cc(C(=O)N(CC(=O)O)c3ccccn3)ccc21. The van der Waals surface area contributed by atoms with Gasteiger partial charge in [0.1, 0.15) is 24.0 Å². The Labute approximate surface area is 195 Å². The highest BCUT2D eigenvalue weighted by atomic mass is 16.4. The van der Waals surface area contributed by atoms with E-state index in [2.05, 4.69) is 15.3 Å². The van der Waals surface area contributed by atoms with Gasteiger partial charge in [-0.05, 0) is 54.6 Å². The molecule has 0 spiro atoms. The summed E-state index contributed by atoms with van der Waals surface area (Å²) >= 11 is 0. The number of carboxylic acid groups (broad SMARTS) is 1. The van der Waals surface area contributed by atoms with Crippen molar-refractivity contribution in [2.45, 2.75) is 6.54 Å². The van der Waals surface area contributed by atoms with Gasteiger partial charge in [-0.15, -0.1) is 0 Å². The number of carboxylic acids is 1. The molecule has 0 aliphatic carbocycles. The van der Waals surface area contributed by atoms with Crippen molar-refractivity contribution in [1.29, 1.82) is 5.41 Å². The molecule has 2 aromatic heterocycles. The molecule has 0 unspecified atom stereocenters. The molecule has 0 saturated carbocycles. The smallest absolute Gasteiger partial charge is 0.323 e. The van der Waals surface area contributed by atoms with Gasteiger partial charge in [0, 0.05) is 30.1 Å². The molecule has 2 aromatic carbocycles. The number of nitrogens with zero attached hydrogens (tertiary/aromatic N) is 4. The second-order valence-electron chi connectivity index (χ2n) is 7.61. The van der Waals surface area contributed by atoms with Crippen LogP contribution in [0.15, 0.2) is 66.9 Å². The highest BCUT2D eigenvalue weighted by Gasteiger charge is 2.22. The lowest BCUT2D eigenvalue weighted by molar-refractivity contribution is -0.135. The Hall–Kier alpha value is -4.73. The van der Waals surface area contributed by atoms with Crippen LogP contribution in [0.4, 0.5) is 11.5 Å². The summed E-state index contributed by atoms with van der Waals surface area (Å²) in [7, 11) is 1.89. The van der Waals surface area contributed by atoms with Crippen molar-refractivity contribution in [2.75, 3.05) is 16.8 Å². The number of carbonyl (C=O) groups is 2. The number of hydrogen-bond donors (Lipinski definition) is 4. The van der Waals surface area contributed by atoms with Gasteiger partial charge in [-0.2, -0.15) is 0 Å². The van der Waals surface area contributed by atoms with Crippen molar-refractivity contribution >= 4 is 40.3 Å². The lowest BCUT2D eigenvalue weighted by Crippen LogP contribution is -2.36. The lowest BCUT2D eigenvalue weighted by atomic mass is 10.1. The van der Waals surface area contributed by atoms with Gasteiger partial charge in [0.05, 0.1) is 17.6 Å². The second kappa shape index (κ2) is 9.41. The Morgan fingerprint density at radius 3 is 2.50 bits per heavy atom. The van der Waals surface area contributed by atoms with E-state index in [1.807, 2.05) is 23.7 Å². The number of amidine groups is 1. The summed E-state index contributed by atoms with van der Waals surface area (Å²) in [4.78, 5) is 34.4. The molecule has 0 atom stereocenters. The van der Waals surface area contributed by atoms with Crippen LogP contribution < -0.4 is 16.0 Å². The topological polar surface area (TPSA) is 150 Å². The van der Waals surface area contributed by atoms with Gasteiger partial charge >= 0.3 is 5.97 Å². The molecule has 4 aromatic rings. The van der Waals surface area contributed by atoms with Crippen LogP contribution in [0.5, 0.6) is 0 Å². The minimum absolute atomic E-state index is 0.0113. The third kappa shape index (κ3) is 4.70. The number of hydrogen-bond acceptors (Lipinski definition) is 6. The van der Waals surface area contributed by atoms with E-state index in [0.717, 1.165) is 21.9 Å². The number of fused-ring (bicyclic) bond motifs is 1. The summed E-state index contributed by atoms with van der Waals surface area (Å²) in [6.45, 7) is -0.0688. The van der Waals surface area contributed by atoms with Crippen molar-refractivity contribution in [2.24, 2.45) is 12.8 Å². The zero-order valence-corrected chi connectivity index (χ0v) is 18.4. The van der Waals surface area contributed by atoms with Gasteiger partial charge in [0.2, 0.25) is 0 Å². The summed E-state index contributed by atoms with van der Waals surface area (Å²) in [6, 6.07) is 17.3. The fraction of sp³-hybridized carbons (Fsp3) is 0.125. The highest BCUT2D eigenvalue weighted by molar-refractivity contribution is 6.09. The maximum atomic E-state index is 13.2. The van der Waals surface area contributed by atoms with Crippen LogP contribution >= 0.6 is 0 Å². The molecule has 1 amide bonds. The number of nitrogens with two attached hydrogens (primary N) is 1. The van der Waals surface area contributed by atoms with E-state index in [4.69, 9.17) is 11.1 Å². The third-order valence-corrected chi connectivity index (χ3v) is 5.33. The number of nitrogen functional groups attached to an aromatic ring is 1. The summed E-state index contributed by atoms with van der Waals surface area (Å²) in [5.74, 6) is -0.585. The first kappa shape index (κ1) is 22.5. The zero-order chi connectivity index (χ0) is 24.2. The molecule has 0 saturated heterocycles. The first-order chi connectivity index (χ1) is 16.3. The quantitative estimate of drug-likeness (QED) is 0.235. The van der Waals surface area contributed by atoms with Crippen molar-refractivity contribution in [3.63, 3.8) is 0 Å². The van der Waals surface area contributed by atoms with Crippen LogP contribution in [0, 0.1) is 5.41 Å². The van der Waals surface area contributed by atoms with Gasteiger partial charge in [-0.1, -0.05) is 6.07 Å². The van der Waals surface area contributed by atoms with Crippen LogP contribution in [0.25, 0.3) is 11.0 Å². The zero-order valence-electron chi connectivity index (χ0n) is 18.4. The number of aromatic nitrogens is 3. The number of amides is 1. The molecule has 0 aliphatic heterocycles. The molecular weight excluding hydrogens is 434 g/mol. The van der Waals surface area contributed by atoms with Crippen molar-refractivity contribution < 1.29 is 14.7 Å². The van der Waals surface area contributed by atoms with Crippen LogP contribution in [-0.2, 0) is 18.4 Å². The first-order valence-electron chi connectivity index (χ1n) is 10.4. The molecule has 10 nitrogen and oxygen atoms in total. The number of pyridine rings is 1. The largest absolute Gasteiger partial charge is 0.480 e. The van der Waals surface area contributed by atoms with Gasteiger partial charge in [-0.25, -0.2) is 9.97 Å². The maximum Gasteiger partial charge on any atom is 0.323 e. The molecule has 5 N–H and O–H groups in total. The van der Waals surface area contributed by atoms with Crippen molar-refractivity contribution in [3.8, 4) is 0 Å². The van der Waals surface area contributed by atoms with E-state index < -0.39 is 18.4 Å². The number of carbonyl (C=O) groups excluding carboxylic acids is 1. The lowest BCUT2D eigenvalue weighted by Gasteiger charge is -2.19. The average molecular weight is 457 g/mol. The minimum atomic E-state index is -1.14. The fourth-order valence-electron chi connectivity index (χ4n) is 3.55. The van der Waals surface area contributed by atoms with E-state index in [1.165, 1.54) is 6.20 Å². The number of aryl methyl sites for hydroxylation is 1. The summed E-state index contributed by atoms with van der Waals surface area (Å²) in [5, 5.41) is 20.0. The minimum Gasteiger partial charge on any atom is -0.480 e. The van der Waals surface area contributed by atoms with Crippen LogP contribution in [0.3, 0.4) is 0 Å². The third-order valence-electron chi connectivity index (χ3n) is 5.33. The number of aliphatic carboxylic acids is 1. The number of imidazole rings is 1. The summed E-state index contributed by atoms with van der Waals surface area (Å²) in [6.07, 6.45) is 1.51. The van der Waals surface area contributed by atoms with E-state index >= 15 is 0 Å². The standard InChI is InChI=1S/C24H23N7O3/c1-30-19-10-7-16(24(34)31(14-22(32)33)20-4-2-3-11-27-20)12-18(19)29-21(30)13-28-17-8-5-15(6-9-17)23(25)26/h2-12,28H,13-14H2,1H3,(H3,25,26)(H,32,33). The molecule has 10 heteroatoms. The van der Waals surface area contributed by atoms with Gasteiger partial charge in [0.15, 0.2) is 0 Å². The van der Waals surface area contributed by atoms with Gasteiger partial charge in [-0.3, -0.25) is 19.9 Å². The molecule has 34 heavy (non-hydrogen) atoms.